The van der Waals surface area contributed by atoms with E-state index in [1.54, 1.807) is 11.0 Å². The van der Waals surface area contributed by atoms with Gasteiger partial charge in [-0.15, -0.1) is 0 Å². The molecule has 3 amide bonds. The van der Waals surface area contributed by atoms with Crippen LogP contribution in [0.5, 0.6) is 5.75 Å². The molecule has 1 aromatic carbocycles. The van der Waals surface area contributed by atoms with Gasteiger partial charge in [0.2, 0.25) is 5.91 Å². The molecule has 0 saturated carbocycles. The highest BCUT2D eigenvalue weighted by Crippen LogP contribution is 2.32. The maximum atomic E-state index is 12.5. The quantitative estimate of drug-likeness (QED) is 0.756. The number of hydrogen-bond acceptors (Lipinski definition) is 5. The Balaban J connectivity index is 1.68. The van der Waals surface area contributed by atoms with Crippen molar-refractivity contribution in [1.29, 1.82) is 0 Å². The van der Waals surface area contributed by atoms with E-state index >= 15 is 0 Å². The summed E-state index contributed by atoms with van der Waals surface area (Å²) in [5.41, 5.74) is 0.805. The molecule has 2 heterocycles. The van der Waals surface area contributed by atoms with Gasteiger partial charge in [0.05, 0.1) is 11.5 Å². The van der Waals surface area contributed by atoms with Gasteiger partial charge in [0, 0.05) is 13.1 Å². The van der Waals surface area contributed by atoms with Crippen LogP contribution in [0, 0.1) is 0 Å². The van der Waals surface area contributed by atoms with Crippen LogP contribution in [0.3, 0.4) is 0 Å². The summed E-state index contributed by atoms with van der Waals surface area (Å²) < 4.78 is 5.38. The van der Waals surface area contributed by atoms with Crippen LogP contribution in [0.25, 0.3) is 6.08 Å². The third-order valence-corrected chi connectivity index (χ3v) is 5.02. The Bertz CT molecular complexity index is 708. The first-order valence-corrected chi connectivity index (χ1v) is 9.16. The highest BCUT2D eigenvalue weighted by molar-refractivity contribution is 8.18. The van der Waals surface area contributed by atoms with Gasteiger partial charge in [-0.2, -0.15) is 0 Å². The number of benzene rings is 1. The van der Waals surface area contributed by atoms with Gasteiger partial charge in [0.25, 0.3) is 11.1 Å². The average molecular weight is 360 g/mol. The van der Waals surface area contributed by atoms with Crippen LogP contribution in [0.2, 0.25) is 0 Å². The summed E-state index contributed by atoms with van der Waals surface area (Å²) in [6.45, 7) is 3.73. The Kier molecular flexibility index (Phi) is 5.43. The van der Waals surface area contributed by atoms with Gasteiger partial charge in [-0.25, -0.2) is 0 Å². The number of amides is 3. The van der Waals surface area contributed by atoms with Crippen LogP contribution >= 0.6 is 11.8 Å². The molecule has 2 fully saturated rings. The maximum absolute atomic E-state index is 12.5. The topological polar surface area (TPSA) is 66.9 Å². The second-order valence-corrected chi connectivity index (χ2v) is 6.85. The highest BCUT2D eigenvalue weighted by atomic mass is 32.2. The third-order valence-electron chi connectivity index (χ3n) is 4.11. The molecular weight excluding hydrogens is 340 g/mol. The smallest absolute Gasteiger partial charge is 0.294 e. The molecule has 0 N–H and O–H groups in total. The van der Waals surface area contributed by atoms with Crippen LogP contribution in [0.1, 0.15) is 25.3 Å². The fourth-order valence-corrected chi connectivity index (χ4v) is 3.65. The maximum Gasteiger partial charge on any atom is 0.294 e. The molecular formula is C18H20N2O4S. The molecule has 6 nitrogen and oxygen atoms in total. The van der Waals surface area contributed by atoms with Crippen molar-refractivity contribution in [3.05, 3.63) is 34.7 Å². The second kappa shape index (κ2) is 7.74. The van der Waals surface area contributed by atoms with E-state index in [2.05, 4.69) is 0 Å². The van der Waals surface area contributed by atoms with Crippen molar-refractivity contribution in [3.63, 3.8) is 0 Å². The lowest BCUT2D eigenvalue weighted by Crippen LogP contribution is -2.40. The molecule has 0 bridgehead atoms. The standard InChI is InChI=1S/C18H20N2O4S/c1-2-24-14-7-5-13(6-8-14)11-15-17(22)20(18(23)25-15)12-16(21)19-9-3-4-10-19/h5-8,11H,2-4,9-10,12H2,1H3/b15-11-. The largest absolute Gasteiger partial charge is 0.494 e. The lowest BCUT2D eigenvalue weighted by Gasteiger charge is -2.18. The molecule has 132 valence electrons. The zero-order valence-corrected chi connectivity index (χ0v) is 14.9. The summed E-state index contributed by atoms with van der Waals surface area (Å²) in [5, 5.41) is -0.394. The Morgan fingerprint density at radius 2 is 1.88 bits per heavy atom. The Morgan fingerprint density at radius 3 is 2.52 bits per heavy atom. The lowest BCUT2D eigenvalue weighted by molar-refractivity contribution is -0.135. The average Bonchev–Trinajstić information content (AvgIpc) is 3.22. The van der Waals surface area contributed by atoms with Gasteiger partial charge in [-0.3, -0.25) is 19.3 Å². The fourth-order valence-electron chi connectivity index (χ4n) is 2.82. The molecule has 0 spiro atoms. The number of imide groups is 1. The first-order chi connectivity index (χ1) is 12.1. The van der Waals surface area contributed by atoms with Gasteiger partial charge < -0.3 is 9.64 Å². The summed E-state index contributed by atoms with van der Waals surface area (Å²) in [7, 11) is 0. The predicted octanol–water partition coefficient (Wildman–Crippen LogP) is 2.74. The summed E-state index contributed by atoms with van der Waals surface area (Å²) >= 11 is 0.872. The van der Waals surface area contributed by atoms with Crippen molar-refractivity contribution >= 4 is 34.9 Å². The number of thioether (sulfide) groups is 1. The third kappa shape index (κ3) is 4.04. The Morgan fingerprint density at radius 1 is 1.20 bits per heavy atom. The van der Waals surface area contributed by atoms with E-state index in [0.717, 1.165) is 40.8 Å². The molecule has 25 heavy (non-hydrogen) atoms. The monoisotopic (exact) mass is 360 g/mol. The van der Waals surface area contributed by atoms with Crippen LogP contribution < -0.4 is 4.74 Å². The van der Waals surface area contributed by atoms with Crippen molar-refractivity contribution in [2.45, 2.75) is 19.8 Å². The molecule has 2 aliphatic rings. The van der Waals surface area contributed by atoms with E-state index in [0.29, 0.717) is 24.6 Å². The second-order valence-electron chi connectivity index (χ2n) is 5.86. The van der Waals surface area contributed by atoms with E-state index in [-0.39, 0.29) is 12.5 Å². The summed E-state index contributed by atoms with van der Waals surface area (Å²) in [6, 6.07) is 7.29. The zero-order chi connectivity index (χ0) is 17.8. The number of rotatable bonds is 5. The minimum atomic E-state index is -0.406. The minimum Gasteiger partial charge on any atom is -0.494 e. The molecule has 2 aliphatic heterocycles. The molecule has 1 aromatic rings. The molecule has 0 unspecified atom stereocenters. The van der Waals surface area contributed by atoms with Crippen molar-refractivity contribution in [1.82, 2.24) is 9.80 Å². The Labute approximate surface area is 150 Å². The van der Waals surface area contributed by atoms with Crippen molar-refractivity contribution in [3.8, 4) is 5.75 Å². The van der Waals surface area contributed by atoms with Crippen molar-refractivity contribution < 1.29 is 19.1 Å². The van der Waals surface area contributed by atoms with Gasteiger partial charge in [-0.05, 0) is 55.3 Å². The van der Waals surface area contributed by atoms with E-state index in [1.807, 2.05) is 31.2 Å². The van der Waals surface area contributed by atoms with Crippen LogP contribution in [-0.2, 0) is 9.59 Å². The Hall–Kier alpha value is -2.28. The van der Waals surface area contributed by atoms with Crippen LogP contribution in [0.4, 0.5) is 4.79 Å². The van der Waals surface area contributed by atoms with Crippen molar-refractivity contribution in [2.24, 2.45) is 0 Å². The SMILES string of the molecule is CCOc1ccc(/C=C2\SC(=O)N(CC(=O)N3CCCC3)C2=O)cc1. The molecule has 7 heteroatoms. The van der Waals surface area contributed by atoms with Gasteiger partial charge >= 0.3 is 0 Å². The molecule has 0 aliphatic carbocycles. The molecule has 0 aromatic heterocycles. The number of carbonyl (C=O) groups is 3. The van der Waals surface area contributed by atoms with E-state index < -0.39 is 11.1 Å². The zero-order valence-electron chi connectivity index (χ0n) is 14.1. The first kappa shape index (κ1) is 17.5. The fraction of sp³-hybridized carbons (Fsp3) is 0.389. The number of ether oxygens (including phenoxy) is 1. The predicted molar refractivity (Wildman–Crippen MR) is 96.1 cm³/mol. The number of nitrogens with zero attached hydrogens (tertiary/aromatic N) is 2. The highest BCUT2D eigenvalue weighted by Gasteiger charge is 2.37. The van der Waals surface area contributed by atoms with Gasteiger partial charge in [0.1, 0.15) is 12.3 Å². The summed E-state index contributed by atoms with van der Waals surface area (Å²) in [4.78, 5) is 39.8. The number of carbonyl (C=O) groups excluding carboxylic acids is 3. The normalized spacial score (nSPS) is 19.2. The first-order valence-electron chi connectivity index (χ1n) is 8.34. The molecule has 3 rings (SSSR count). The molecule has 2 saturated heterocycles. The number of likely N-dealkylation sites (tertiary alicyclic amines) is 1. The minimum absolute atomic E-state index is 0.165. The van der Waals surface area contributed by atoms with Crippen LogP contribution in [-0.4, -0.2) is 53.1 Å². The number of hydrogen-bond donors (Lipinski definition) is 0. The van der Waals surface area contributed by atoms with E-state index in [9.17, 15) is 14.4 Å². The van der Waals surface area contributed by atoms with Gasteiger partial charge in [-0.1, -0.05) is 12.1 Å². The molecule has 0 radical (unpaired) electrons. The summed E-state index contributed by atoms with van der Waals surface area (Å²) in [6.07, 6.45) is 3.62. The van der Waals surface area contributed by atoms with E-state index in [1.165, 1.54) is 0 Å². The lowest BCUT2D eigenvalue weighted by atomic mass is 10.2. The molecule has 0 atom stereocenters. The van der Waals surface area contributed by atoms with Crippen LogP contribution in [0.15, 0.2) is 29.2 Å². The van der Waals surface area contributed by atoms with Gasteiger partial charge in [0.15, 0.2) is 0 Å². The summed E-state index contributed by atoms with van der Waals surface area (Å²) in [5.74, 6) is 0.183. The van der Waals surface area contributed by atoms with Crippen molar-refractivity contribution in [2.75, 3.05) is 26.2 Å². The van der Waals surface area contributed by atoms with E-state index in [4.69, 9.17) is 4.74 Å².